The number of primary amides is 1. The summed E-state index contributed by atoms with van der Waals surface area (Å²) < 4.78 is 10.4. The lowest BCUT2D eigenvalue weighted by Crippen LogP contribution is -2.19. The number of carbonyl (C=O) groups excluding carboxylic acids is 1. The minimum Gasteiger partial charge on any atom is -0.494 e. The molecule has 1 rings (SSSR count). The molecule has 0 saturated carbocycles. The van der Waals surface area contributed by atoms with E-state index < -0.39 is 5.91 Å². The van der Waals surface area contributed by atoms with Gasteiger partial charge in [-0.05, 0) is 19.1 Å². The van der Waals surface area contributed by atoms with Crippen molar-refractivity contribution in [1.82, 2.24) is 0 Å². The van der Waals surface area contributed by atoms with E-state index >= 15 is 0 Å². The summed E-state index contributed by atoms with van der Waals surface area (Å²) in [4.78, 5) is 10.4. The number of ether oxygens (including phenoxy) is 2. The second-order valence-corrected chi connectivity index (χ2v) is 2.66. The van der Waals surface area contributed by atoms with Crippen LogP contribution in [0, 0.1) is 0 Å². The topological polar surface area (TPSA) is 61.6 Å². The van der Waals surface area contributed by atoms with Crippen molar-refractivity contribution in [2.75, 3.05) is 13.2 Å². The van der Waals surface area contributed by atoms with Crippen LogP contribution in [0.4, 0.5) is 0 Å². The number of nitrogens with two attached hydrogens (primary N) is 1. The van der Waals surface area contributed by atoms with E-state index in [2.05, 4.69) is 0 Å². The van der Waals surface area contributed by atoms with E-state index in [1.165, 1.54) is 0 Å². The maximum absolute atomic E-state index is 10.4. The van der Waals surface area contributed by atoms with E-state index in [1.54, 1.807) is 18.2 Å². The Bertz CT molecular complexity index is 312. The first kappa shape index (κ1) is 10.4. The van der Waals surface area contributed by atoms with Crippen molar-refractivity contribution in [1.29, 1.82) is 0 Å². The fourth-order valence-corrected chi connectivity index (χ4v) is 0.975. The molecule has 4 heteroatoms. The molecule has 0 bridgehead atoms. The summed E-state index contributed by atoms with van der Waals surface area (Å²) in [6.45, 7) is 2.38. The van der Waals surface area contributed by atoms with E-state index in [9.17, 15) is 4.79 Å². The Kier molecular flexibility index (Phi) is 3.79. The van der Waals surface area contributed by atoms with Crippen molar-refractivity contribution in [2.45, 2.75) is 6.92 Å². The van der Waals surface area contributed by atoms with Gasteiger partial charge in [-0.3, -0.25) is 4.79 Å². The van der Waals surface area contributed by atoms with Crippen LogP contribution in [0.2, 0.25) is 0 Å². The van der Waals surface area contributed by atoms with Gasteiger partial charge in [0.15, 0.2) is 6.61 Å². The number of benzene rings is 1. The van der Waals surface area contributed by atoms with Gasteiger partial charge >= 0.3 is 0 Å². The Morgan fingerprint density at radius 1 is 1.36 bits per heavy atom. The van der Waals surface area contributed by atoms with E-state index in [1.807, 2.05) is 13.0 Å². The molecule has 1 aromatic carbocycles. The highest BCUT2D eigenvalue weighted by molar-refractivity contribution is 5.75. The summed E-state index contributed by atoms with van der Waals surface area (Å²) in [7, 11) is 0. The van der Waals surface area contributed by atoms with Crippen molar-refractivity contribution < 1.29 is 14.3 Å². The molecule has 0 aliphatic rings. The van der Waals surface area contributed by atoms with Gasteiger partial charge in [-0.15, -0.1) is 0 Å². The fourth-order valence-electron chi connectivity index (χ4n) is 0.975. The van der Waals surface area contributed by atoms with Crippen LogP contribution in [0.3, 0.4) is 0 Å². The number of amides is 1. The molecule has 1 amide bonds. The zero-order valence-electron chi connectivity index (χ0n) is 8.03. The molecule has 0 fully saturated rings. The third-order valence-corrected chi connectivity index (χ3v) is 1.50. The lowest BCUT2D eigenvalue weighted by Gasteiger charge is -2.06. The average molecular weight is 195 g/mol. The lowest BCUT2D eigenvalue weighted by atomic mass is 10.3. The van der Waals surface area contributed by atoms with Gasteiger partial charge < -0.3 is 15.2 Å². The minimum atomic E-state index is -0.494. The number of hydrogen-bond donors (Lipinski definition) is 1. The molecule has 0 heterocycles. The van der Waals surface area contributed by atoms with Crippen LogP contribution < -0.4 is 15.2 Å². The van der Waals surface area contributed by atoms with Crippen LogP contribution in [-0.4, -0.2) is 19.1 Å². The molecule has 0 aromatic heterocycles. The van der Waals surface area contributed by atoms with Crippen LogP contribution >= 0.6 is 0 Å². The van der Waals surface area contributed by atoms with Crippen molar-refractivity contribution >= 4 is 5.91 Å². The van der Waals surface area contributed by atoms with Crippen LogP contribution in [0.15, 0.2) is 24.3 Å². The highest BCUT2D eigenvalue weighted by Gasteiger charge is 1.99. The molecule has 1 aromatic rings. The molecule has 0 unspecified atom stereocenters. The highest BCUT2D eigenvalue weighted by Crippen LogP contribution is 2.18. The largest absolute Gasteiger partial charge is 0.494 e. The summed E-state index contributed by atoms with van der Waals surface area (Å²) in [5.41, 5.74) is 4.94. The predicted octanol–water partition coefficient (Wildman–Crippen LogP) is 0.949. The summed E-state index contributed by atoms with van der Waals surface area (Å²) in [6.07, 6.45) is 0. The second-order valence-electron chi connectivity index (χ2n) is 2.66. The van der Waals surface area contributed by atoms with Gasteiger partial charge in [-0.2, -0.15) is 0 Å². The number of hydrogen-bond acceptors (Lipinski definition) is 3. The summed E-state index contributed by atoms with van der Waals surface area (Å²) in [5.74, 6) is 0.802. The van der Waals surface area contributed by atoms with E-state index in [0.29, 0.717) is 12.4 Å². The van der Waals surface area contributed by atoms with Gasteiger partial charge in [-0.25, -0.2) is 0 Å². The van der Waals surface area contributed by atoms with Crippen molar-refractivity contribution in [2.24, 2.45) is 5.73 Å². The van der Waals surface area contributed by atoms with Gasteiger partial charge in [0.1, 0.15) is 11.5 Å². The molecule has 76 valence electrons. The Balaban J connectivity index is 2.58. The van der Waals surface area contributed by atoms with Crippen molar-refractivity contribution in [3.63, 3.8) is 0 Å². The molecule has 14 heavy (non-hydrogen) atoms. The summed E-state index contributed by atoms with van der Waals surface area (Å²) in [5, 5.41) is 0. The first-order valence-corrected chi connectivity index (χ1v) is 4.36. The quantitative estimate of drug-likeness (QED) is 0.760. The second kappa shape index (κ2) is 5.11. The Hall–Kier alpha value is -1.71. The fraction of sp³-hybridized carbons (Fsp3) is 0.300. The molecule has 0 aliphatic carbocycles. The molecule has 0 aliphatic heterocycles. The molecular weight excluding hydrogens is 182 g/mol. The van der Waals surface area contributed by atoms with Gasteiger partial charge in [0.2, 0.25) is 0 Å². The first-order chi connectivity index (χ1) is 6.72. The Morgan fingerprint density at radius 2 is 2.00 bits per heavy atom. The van der Waals surface area contributed by atoms with Crippen LogP contribution in [0.1, 0.15) is 6.92 Å². The van der Waals surface area contributed by atoms with Gasteiger partial charge in [0.05, 0.1) is 6.61 Å². The normalized spacial score (nSPS) is 9.50. The SMILES string of the molecule is CCOc1cccc(OCC(N)=O)c1. The third-order valence-electron chi connectivity index (χ3n) is 1.50. The maximum Gasteiger partial charge on any atom is 0.255 e. The molecule has 0 saturated heterocycles. The minimum absolute atomic E-state index is 0.115. The molecule has 0 spiro atoms. The van der Waals surface area contributed by atoms with E-state index in [4.69, 9.17) is 15.2 Å². The molecular formula is C10H13NO3. The lowest BCUT2D eigenvalue weighted by molar-refractivity contribution is -0.119. The van der Waals surface area contributed by atoms with Crippen LogP contribution in [-0.2, 0) is 4.79 Å². The summed E-state index contributed by atoms with van der Waals surface area (Å²) in [6, 6.07) is 7.07. The standard InChI is InChI=1S/C10H13NO3/c1-2-13-8-4-3-5-9(6-8)14-7-10(11)12/h3-6H,2,7H2,1H3,(H2,11,12). The van der Waals surface area contributed by atoms with Crippen molar-refractivity contribution in [3.8, 4) is 11.5 Å². The molecule has 4 nitrogen and oxygen atoms in total. The Morgan fingerprint density at radius 3 is 2.57 bits per heavy atom. The van der Waals surface area contributed by atoms with Crippen LogP contribution in [0.5, 0.6) is 11.5 Å². The van der Waals surface area contributed by atoms with Gasteiger partial charge in [0.25, 0.3) is 5.91 Å². The monoisotopic (exact) mass is 195 g/mol. The highest BCUT2D eigenvalue weighted by atomic mass is 16.5. The molecule has 0 atom stereocenters. The zero-order chi connectivity index (χ0) is 10.4. The Labute approximate surface area is 82.6 Å². The zero-order valence-corrected chi connectivity index (χ0v) is 8.03. The average Bonchev–Trinajstić information content (AvgIpc) is 2.16. The molecule has 0 radical (unpaired) electrons. The van der Waals surface area contributed by atoms with Gasteiger partial charge in [0, 0.05) is 6.07 Å². The van der Waals surface area contributed by atoms with E-state index in [0.717, 1.165) is 5.75 Å². The third kappa shape index (κ3) is 3.35. The molecule has 2 N–H and O–H groups in total. The number of rotatable bonds is 5. The van der Waals surface area contributed by atoms with E-state index in [-0.39, 0.29) is 6.61 Å². The maximum atomic E-state index is 10.4. The van der Waals surface area contributed by atoms with Gasteiger partial charge in [-0.1, -0.05) is 6.07 Å². The first-order valence-electron chi connectivity index (χ1n) is 4.36. The smallest absolute Gasteiger partial charge is 0.255 e. The van der Waals surface area contributed by atoms with Crippen LogP contribution in [0.25, 0.3) is 0 Å². The van der Waals surface area contributed by atoms with Crippen molar-refractivity contribution in [3.05, 3.63) is 24.3 Å². The number of carbonyl (C=O) groups is 1. The summed E-state index contributed by atoms with van der Waals surface area (Å²) >= 11 is 0. The predicted molar refractivity (Wildman–Crippen MR) is 52.3 cm³/mol.